The molecule has 0 aromatic heterocycles. The maximum absolute atomic E-state index is 6.05. The van der Waals surface area contributed by atoms with Crippen LogP contribution in [-0.4, -0.2) is 12.7 Å². The molecule has 0 atom stereocenters. The van der Waals surface area contributed by atoms with Gasteiger partial charge in [0.05, 0.1) is 12.7 Å². The maximum atomic E-state index is 6.05. The van der Waals surface area contributed by atoms with E-state index in [0.29, 0.717) is 6.10 Å². The number of hydrogen-bond donors (Lipinski definition) is 0. The van der Waals surface area contributed by atoms with Crippen LogP contribution in [0.4, 0.5) is 0 Å². The minimum Gasteiger partial charge on any atom is -0.374 e. The summed E-state index contributed by atoms with van der Waals surface area (Å²) >= 11 is 0. The molecule has 0 heterocycles. The van der Waals surface area contributed by atoms with Crippen molar-refractivity contribution in [2.45, 2.75) is 103 Å². The summed E-state index contributed by atoms with van der Waals surface area (Å²) in [5, 5.41) is 0. The minimum atomic E-state index is 0.532. The van der Waals surface area contributed by atoms with Crippen LogP contribution in [0.25, 0.3) is 0 Å². The Morgan fingerprint density at radius 3 is 2.00 bits per heavy atom. The molecule has 1 nitrogen and oxygen atoms in total. The Morgan fingerprint density at radius 2 is 1.36 bits per heavy atom. The van der Waals surface area contributed by atoms with Gasteiger partial charge in [-0.1, -0.05) is 57.4 Å². The summed E-state index contributed by atoms with van der Waals surface area (Å²) in [6.07, 6.45) is 27.5. The number of allylic oxidation sites excluding steroid dienone is 3. The summed E-state index contributed by atoms with van der Waals surface area (Å²) in [5.41, 5.74) is 0. The molecular formula is C24H42O. The molecule has 0 N–H and O–H groups in total. The van der Waals surface area contributed by atoms with Crippen LogP contribution in [0.15, 0.2) is 24.3 Å². The van der Waals surface area contributed by atoms with Crippen molar-refractivity contribution in [2.75, 3.05) is 6.61 Å². The third-order valence-corrected chi connectivity index (χ3v) is 6.47. The molecule has 0 saturated heterocycles. The zero-order valence-corrected chi connectivity index (χ0v) is 16.9. The highest BCUT2D eigenvalue weighted by Crippen LogP contribution is 2.41. The van der Waals surface area contributed by atoms with E-state index in [1.54, 1.807) is 0 Å². The van der Waals surface area contributed by atoms with Gasteiger partial charge in [0.2, 0.25) is 0 Å². The Hall–Kier alpha value is -0.560. The molecule has 0 aromatic rings. The van der Waals surface area contributed by atoms with E-state index >= 15 is 0 Å². The lowest BCUT2D eigenvalue weighted by Gasteiger charge is -2.37. The topological polar surface area (TPSA) is 9.23 Å². The Morgan fingerprint density at radius 1 is 0.720 bits per heavy atom. The molecule has 2 fully saturated rings. The van der Waals surface area contributed by atoms with Gasteiger partial charge < -0.3 is 4.74 Å². The van der Waals surface area contributed by atoms with Crippen molar-refractivity contribution >= 4 is 0 Å². The van der Waals surface area contributed by atoms with Crippen molar-refractivity contribution in [3.63, 3.8) is 0 Å². The van der Waals surface area contributed by atoms with Gasteiger partial charge in [0.1, 0.15) is 0 Å². The number of rotatable bonds is 10. The Labute approximate surface area is 157 Å². The summed E-state index contributed by atoms with van der Waals surface area (Å²) in [7, 11) is 0. The summed E-state index contributed by atoms with van der Waals surface area (Å²) < 4.78 is 6.05. The smallest absolute Gasteiger partial charge is 0.0651 e. The molecule has 0 aromatic carbocycles. The van der Waals surface area contributed by atoms with E-state index in [9.17, 15) is 0 Å². The lowest BCUT2D eigenvalue weighted by molar-refractivity contribution is 0.0210. The second-order valence-electron chi connectivity index (χ2n) is 8.37. The van der Waals surface area contributed by atoms with Crippen LogP contribution in [-0.2, 0) is 4.74 Å². The van der Waals surface area contributed by atoms with Crippen molar-refractivity contribution in [1.29, 1.82) is 0 Å². The second-order valence-corrected chi connectivity index (χ2v) is 8.37. The van der Waals surface area contributed by atoms with Crippen molar-refractivity contribution in [3.05, 3.63) is 24.3 Å². The van der Waals surface area contributed by atoms with Gasteiger partial charge in [-0.3, -0.25) is 0 Å². The molecule has 0 unspecified atom stereocenters. The fourth-order valence-electron chi connectivity index (χ4n) is 4.84. The van der Waals surface area contributed by atoms with Crippen molar-refractivity contribution in [2.24, 2.45) is 17.8 Å². The van der Waals surface area contributed by atoms with Gasteiger partial charge in [-0.2, -0.15) is 0 Å². The second kappa shape index (κ2) is 12.7. The molecule has 2 aliphatic carbocycles. The standard InChI is InChI=1S/C24H42O/c1-3-5-7-9-11-21-12-14-22(15-13-21)23-16-18-24(19-17-23)25-20-10-8-6-4-2/h5,7-8,10,21-24H,3-4,6,9,11-20H2,1-2H3/b7-5+,10-8+. The zero-order chi connectivity index (χ0) is 17.7. The van der Waals surface area contributed by atoms with E-state index in [2.05, 4.69) is 38.2 Å². The highest BCUT2D eigenvalue weighted by atomic mass is 16.5. The molecular weight excluding hydrogens is 304 g/mol. The first-order valence-electron chi connectivity index (χ1n) is 11.2. The summed E-state index contributed by atoms with van der Waals surface area (Å²) in [6, 6.07) is 0. The van der Waals surface area contributed by atoms with E-state index in [1.165, 1.54) is 83.5 Å². The number of unbranched alkanes of at least 4 members (excludes halogenated alkanes) is 1. The first-order chi connectivity index (χ1) is 12.3. The normalized spacial score (nSPS) is 31.1. The third-order valence-electron chi connectivity index (χ3n) is 6.47. The highest BCUT2D eigenvalue weighted by Gasteiger charge is 2.30. The molecule has 25 heavy (non-hydrogen) atoms. The van der Waals surface area contributed by atoms with Crippen LogP contribution < -0.4 is 0 Å². The molecule has 0 spiro atoms. The van der Waals surface area contributed by atoms with Crippen LogP contribution in [0, 0.1) is 17.8 Å². The quantitative estimate of drug-likeness (QED) is 0.373. The van der Waals surface area contributed by atoms with Gasteiger partial charge in [0.15, 0.2) is 0 Å². The van der Waals surface area contributed by atoms with E-state index in [-0.39, 0.29) is 0 Å². The SMILES string of the molecule is CC/C=C/CCC1CCC(C2CCC(OC/C=C/CCC)CC2)CC1. The molecule has 0 bridgehead atoms. The molecule has 2 saturated carbocycles. The molecule has 2 rings (SSSR count). The Bertz CT molecular complexity index is 368. The highest BCUT2D eigenvalue weighted by molar-refractivity contribution is 4.86. The van der Waals surface area contributed by atoms with Gasteiger partial charge in [-0.05, 0) is 82.0 Å². The van der Waals surface area contributed by atoms with Crippen LogP contribution >= 0.6 is 0 Å². The van der Waals surface area contributed by atoms with Crippen molar-refractivity contribution in [3.8, 4) is 0 Å². The fourth-order valence-corrected chi connectivity index (χ4v) is 4.84. The average Bonchev–Trinajstić information content (AvgIpc) is 2.66. The largest absolute Gasteiger partial charge is 0.374 e. The molecule has 144 valence electrons. The van der Waals surface area contributed by atoms with Gasteiger partial charge in [0.25, 0.3) is 0 Å². The fraction of sp³-hybridized carbons (Fsp3) is 0.833. The van der Waals surface area contributed by atoms with E-state index in [1.807, 2.05) is 0 Å². The van der Waals surface area contributed by atoms with Gasteiger partial charge in [0, 0.05) is 0 Å². The maximum Gasteiger partial charge on any atom is 0.0651 e. The summed E-state index contributed by atoms with van der Waals surface area (Å²) in [5.74, 6) is 3.02. The van der Waals surface area contributed by atoms with Crippen LogP contribution in [0.1, 0.15) is 97.3 Å². The third kappa shape index (κ3) is 8.11. The Kier molecular flexibility index (Phi) is 10.6. The number of hydrogen-bond acceptors (Lipinski definition) is 1. The lowest BCUT2D eigenvalue weighted by Crippen LogP contribution is -2.28. The summed E-state index contributed by atoms with van der Waals surface area (Å²) in [6.45, 7) is 5.28. The molecule has 0 radical (unpaired) electrons. The average molecular weight is 347 g/mol. The van der Waals surface area contributed by atoms with Crippen LogP contribution in [0.3, 0.4) is 0 Å². The van der Waals surface area contributed by atoms with Crippen molar-refractivity contribution < 1.29 is 4.74 Å². The van der Waals surface area contributed by atoms with Gasteiger partial charge in [-0.15, -0.1) is 0 Å². The van der Waals surface area contributed by atoms with E-state index in [4.69, 9.17) is 4.74 Å². The summed E-state index contributed by atoms with van der Waals surface area (Å²) in [4.78, 5) is 0. The predicted octanol–water partition coefficient (Wildman–Crippen LogP) is 7.47. The van der Waals surface area contributed by atoms with Gasteiger partial charge in [-0.25, -0.2) is 0 Å². The van der Waals surface area contributed by atoms with E-state index < -0.39 is 0 Å². The first kappa shape index (κ1) is 20.7. The molecule has 0 aliphatic heterocycles. The predicted molar refractivity (Wildman–Crippen MR) is 110 cm³/mol. The van der Waals surface area contributed by atoms with Gasteiger partial charge >= 0.3 is 0 Å². The minimum absolute atomic E-state index is 0.532. The zero-order valence-electron chi connectivity index (χ0n) is 16.9. The first-order valence-corrected chi connectivity index (χ1v) is 11.2. The van der Waals surface area contributed by atoms with Crippen LogP contribution in [0.5, 0.6) is 0 Å². The van der Waals surface area contributed by atoms with E-state index in [0.717, 1.165) is 24.4 Å². The van der Waals surface area contributed by atoms with Crippen LogP contribution in [0.2, 0.25) is 0 Å². The van der Waals surface area contributed by atoms with Crippen molar-refractivity contribution in [1.82, 2.24) is 0 Å². The molecule has 1 heteroatoms. The monoisotopic (exact) mass is 346 g/mol. The number of ether oxygens (including phenoxy) is 1. The lowest BCUT2D eigenvalue weighted by atomic mass is 9.70. The Balaban J connectivity index is 1.56. The molecule has 2 aliphatic rings. The molecule has 0 amide bonds.